The highest BCUT2D eigenvalue weighted by Crippen LogP contribution is 2.39. The number of hydrogen-bond donors (Lipinski definition) is 9. The van der Waals surface area contributed by atoms with Crippen LogP contribution >= 0.6 is 0 Å². The Bertz CT molecular complexity index is 1950. The molecule has 6 heterocycles. The van der Waals surface area contributed by atoms with Gasteiger partial charge >= 0.3 is 17.9 Å². The van der Waals surface area contributed by atoms with Crippen molar-refractivity contribution in [3.05, 3.63) is 0 Å². The van der Waals surface area contributed by atoms with Crippen molar-refractivity contribution in [3.63, 3.8) is 0 Å². The maximum absolute atomic E-state index is 14.3. The van der Waals surface area contributed by atoms with Crippen molar-refractivity contribution in [1.82, 2.24) is 0 Å². The van der Waals surface area contributed by atoms with Gasteiger partial charge in [0.15, 0.2) is 49.8 Å². The first kappa shape index (κ1) is 72.7. The molecule has 6 fully saturated rings. The van der Waals surface area contributed by atoms with E-state index in [1.54, 1.807) is 13.8 Å². The van der Waals surface area contributed by atoms with Crippen LogP contribution in [0, 0.1) is 0 Å². The molecule has 500 valence electrons. The van der Waals surface area contributed by atoms with Crippen LogP contribution in [-0.4, -0.2) is 230 Å². The number of fused-ring (bicyclic) bond motifs is 2. The molecule has 86 heavy (non-hydrogen) atoms. The van der Waals surface area contributed by atoms with Crippen molar-refractivity contribution in [3.8, 4) is 0 Å². The molecule has 0 aromatic carbocycles. The number of ether oxygens (including phenoxy) is 13. The van der Waals surface area contributed by atoms with E-state index in [2.05, 4.69) is 13.8 Å². The van der Waals surface area contributed by atoms with Crippen LogP contribution in [0.25, 0.3) is 0 Å². The summed E-state index contributed by atoms with van der Waals surface area (Å²) in [6.45, 7) is 11.1. The van der Waals surface area contributed by atoms with Gasteiger partial charge in [-0.25, -0.2) is 0 Å². The monoisotopic (exact) mass is 1240 g/mol. The predicted molar refractivity (Wildman–Crippen MR) is 303 cm³/mol. The summed E-state index contributed by atoms with van der Waals surface area (Å²) in [6.07, 6.45) is -21.3. The number of carbonyl (C=O) groups is 3. The highest BCUT2D eigenvalue weighted by Gasteiger charge is 2.58. The minimum Gasteiger partial charge on any atom is -0.457 e. The first-order valence-electron chi connectivity index (χ1n) is 32.4. The lowest BCUT2D eigenvalue weighted by atomic mass is 9.95. The first-order valence-corrected chi connectivity index (χ1v) is 32.4. The Labute approximate surface area is 507 Å². The highest BCUT2D eigenvalue weighted by atomic mass is 16.8. The SMILES string of the molecule is CCCCCCCCCCCC(=O)O[C@H]1[C@H](O[C@@H]2[C@@H](O)[C@H]3OC(=O)CCCCCCCCC[C@H](CCCCC)O[C@@H]4O[C@H](C)[C@H](O)[C@H](O)[C@H]4O[C@@H]3O[C@H]2C)O[C@@H](C)[C@H](O[C@@H]2O[C@@H](C)[C@H](OC(=O)CC)[C@@H](O)[C@H]2O)[C@H]1O[C@@H]1O[C@H](CO)[C@@H](O)[C@H](O)[C@H]1O. The maximum atomic E-state index is 14.3. The average molecular weight is 1240 g/mol. The predicted octanol–water partition coefficient (Wildman–Crippen LogP) is 3.67. The first-order chi connectivity index (χ1) is 41.2. The standard InChI is InChI=1S/C61H106O25/c1-8-11-13-14-15-16-19-22-27-31-41(65)82-56-55(86-58-47(71)44(68)43(67)38(32-62)79-58)52(84-57-48(72)46(70)50(34(5)75-57)80-39(63)10-3)36(7)77-61(56)83-51-35(6)76-60-54(49(51)73)81-40(64)30-26-23-20-17-18-21-25-29-37(28-24-12-9-2)78-59-53(85-60)45(69)42(66)33(4)74-59/h33-38,42-62,66-73H,8-32H2,1-7H3/t33-,34+,35+,36+,37+,38-,42+,43-,44+,45+,46+,47-,48-,49-,50+,51+,52+,53-,54-,55-,56-,57+,58+,59+,60+,61+/m1/s1. The molecule has 0 radical (unpaired) electrons. The van der Waals surface area contributed by atoms with Gasteiger partial charge in [0, 0.05) is 19.3 Å². The zero-order valence-corrected chi connectivity index (χ0v) is 51.7. The van der Waals surface area contributed by atoms with Crippen molar-refractivity contribution in [2.24, 2.45) is 0 Å². The van der Waals surface area contributed by atoms with Gasteiger partial charge in [-0.05, 0) is 53.4 Å². The second kappa shape index (κ2) is 36.6. The van der Waals surface area contributed by atoms with Gasteiger partial charge in [0.05, 0.1) is 37.1 Å². The fourth-order valence-corrected chi connectivity index (χ4v) is 12.2. The fourth-order valence-electron chi connectivity index (χ4n) is 12.2. The molecule has 6 aliphatic heterocycles. The Kier molecular flexibility index (Phi) is 31.0. The Hall–Kier alpha value is -2.35. The number of aliphatic hydroxyl groups excluding tert-OH is 9. The largest absolute Gasteiger partial charge is 0.457 e. The molecule has 0 bridgehead atoms. The molecule has 6 saturated heterocycles. The van der Waals surface area contributed by atoms with E-state index in [0.717, 1.165) is 103 Å². The second-order valence-electron chi connectivity index (χ2n) is 24.5. The molecular formula is C61H106O25. The number of rotatable bonds is 24. The lowest BCUT2D eigenvalue weighted by Gasteiger charge is -2.51. The minimum atomic E-state index is -2.01. The van der Waals surface area contributed by atoms with Crippen molar-refractivity contribution < 1.29 is 122 Å². The molecule has 0 spiro atoms. The van der Waals surface area contributed by atoms with Gasteiger partial charge in [-0.3, -0.25) is 14.4 Å². The van der Waals surface area contributed by atoms with Crippen LogP contribution in [0.3, 0.4) is 0 Å². The summed E-state index contributed by atoms with van der Waals surface area (Å²) in [5.41, 5.74) is 0. The van der Waals surface area contributed by atoms with E-state index >= 15 is 0 Å². The molecular weight excluding hydrogens is 1130 g/mol. The Morgan fingerprint density at radius 2 is 0.988 bits per heavy atom. The van der Waals surface area contributed by atoms with Crippen LogP contribution in [0.5, 0.6) is 0 Å². The van der Waals surface area contributed by atoms with Gasteiger partial charge in [0.25, 0.3) is 0 Å². The summed E-state index contributed by atoms with van der Waals surface area (Å²) in [6, 6.07) is 0. The molecule has 0 aromatic rings. The van der Waals surface area contributed by atoms with Crippen molar-refractivity contribution in [2.75, 3.05) is 6.61 Å². The molecule has 0 aromatic heterocycles. The molecule has 9 N–H and O–H groups in total. The van der Waals surface area contributed by atoms with Gasteiger partial charge < -0.3 is 108 Å². The molecule has 26 atom stereocenters. The molecule has 25 nitrogen and oxygen atoms in total. The smallest absolute Gasteiger partial charge is 0.306 e. The zero-order valence-electron chi connectivity index (χ0n) is 51.7. The maximum Gasteiger partial charge on any atom is 0.306 e. The number of carbonyl (C=O) groups excluding carboxylic acids is 3. The molecule has 0 amide bonds. The van der Waals surface area contributed by atoms with E-state index in [-0.39, 0.29) is 25.4 Å². The highest BCUT2D eigenvalue weighted by molar-refractivity contribution is 5.70. The third-order valence-corrected chi connectivity index (χ3v) is 17.5. The Morgan fingerprint density at radius 3 is 1.66 bits per heavy atom. The van der Waals surface area contributed by atoms with Crippen LogP contribution in [0.4, 0.5) is 0 Å². The lowest BCUT2D eigenvalue weighted by molar-refractivity contribution is -0.400. The van der Waals surface area contributed by atoms with Gasteiger partial charge in [0.1, 0.15) is 79.4 Å². The molecule has 25 heteroatoms. The van der Waals surface area contributed by atoms with E-state index in [0.29, 0.717) is 32.1 Å². The van der Waals surface area contributed by atoms with Gasteiger partial charge in [-0.2, -0.15) is 0 Å². The van der Waals surface area contributed by atoms with E-state index in [1.165, 1.54) is 20.8 Å². The van der Waals surface area contributed by atoms with Gasteiger partial charge in [0.2, 0.25) is 0 Å². The van der Waals surface area contributed by atoms with Gasteiger partial charge in [-0.15, -0.1) is 0 Å². The van der Waals surface area contributed by atoms with Crippen LogP contribution < -0.4 is 0 Å². The molecule has 6 aliphatic rings. The number of unbranched alkanes of at least 4 members (excludes halogenated alkanes) is 10. The Balaban J connectivity index is 1.35. The second-order valence-corrected chi connectivity index (χ2v) is 24.5. The van der Waals surface area contributed by atoms with E-state index < -0.39 is 178 Å². The quantitative estimate of drug-likeness (QED) is 0.0378. The summed E-state index contributed by atoms with van der Waals surface area (Å²) in [7, 11) is 0. The zero-order chi connectivity index (χ0) is 62.6. The van der Waals surface area contributed by atoms with Crippen LogP contribution in [0.1, 0.15) is 203 Å². The average Bonchev–Trinajstić information content (AvgIpc) is 1.59. The normalized spacial score (nSPS) is 41.6. The molecule has 0 unspecified atom stereocenters. The van der Waals surface area contributed by atoms with Crippen LogP contribution in [0.15, 0.2) is 0 Å². The van der Waals surface area contributed by atoms with Crippen molar-refractivity contribution >= 4 is 17.9 Å². The number of aliphatic hydroxyl groups is 9. The summed E-state index contributed by atoms with van der Waals surface area (Å²) in [5.74, 6) is -2.16. The lowest BCUT2D eigenvalue weighted by Crippen LogP contribution is -2.68. The summed E-state index contributed by atoms with van der Waals surface area (Å²) < 4.78 is 81.6. The number of esters is 3. The van der Waals surface area contributed by atoms with Gasteiger partial charge in [-0.1, -0.05) is 130 Å². The van der Waals surface area contributed by atoms with Crippen molar-refractivity contribution in [2.45, 2.75) is 362 Å². The van der Waals surface area contributed by atoms with Crippen LogP contribution in [-0.2, 0) is 76.0 Å². The molecule has 0 saturated carbocycles. The summed E-state index contributed by atoms with van der Waals surface area (Å²) in [4.78, 5) is 40.5. The number of hydrogen-bond acceptors (Lipinski definition) is 25. The third-order valence-electron chi connectivity index (χ3n) is 17.5. The van der Waals surface area contributed by atoms with E-state index in [9.17, 15) is 60.3 Å². The summed E-state index contributed by atoms with van der Waals surface area (Å²) in [5, 5.41) is 102. The van der Waals surface area contributed by atoms with Crippen molar-refractivity contribution in [1.29, 1.82) is 0 Å². The third kappa shape index (κ3) is 20.3. The van der Waals surface area contributed by atoms with E-state index in [4.69, 9.17) is 61.6 Å². The Morgan fingerprint density at radius 1 is 0.453 bits per heavy atom. The molecule has 6 rings (SSSR count). The fraction of sp³-hybridized carbons (Fsp3) is 0.951. The topological polar surface area (TPSA) is 353 Å². The van der Waals surface area contributed by atoms with Crippen LogP contribution in [0.2, 0.25) is 0 Å². The summed E-state index contributed by atoms with van der Waals surface area (Å²) >= 11 is 0. The molecule has 0 aliphatic carbocycles. The van der Waals surface area contributed by atoms with E-state index in [1.807, 2.05) is 0 Å². The minimum absolute atomic E-state index is 0.0358.